The van der Waals surface area contributed by atoms with E-state index in [2.05, 4.69) is 0 Å². The third kappa shape index (κ3) is 3.98. The van der Waals surface area contributed by atoms with Crippen LogP contribution < -0.4 is 0 Å². The Kier molecular flexibility index (Phi) is 6.07. The highest BCUT2D eigenvalue weighted by atomic mass is 16.6. The van der Waals surface area contributed by atoms with Gasteiger partial charge in [-0.25, -0.2) is 0 Å². The van der Waals surface area contributed by atoms with Gasteiger partial charge >= 0.3 is 0 Å². The highest BCUT2D eigenvalue weighted by Crippen LogP contribution is 2.41. The van der Waals surface area contributed by atoms with Crippen molar-refractivity contribution >= 4 is 0 Å². The molecule has 0 bridgehead atoms. The molecule has 150 valence electrons. The third-order valence-electron chi connectivity index (χ3n) is 5.60. The van der Waals surface area contributed by atoms with Gasteiger partial charge in [0.2, 0.25) is 0 Å². The summed E-state index contributed by atoms with van der Waals surface area (Å²) in [6.07, 6.45) is -1.22. The number of hydrogen-bond acceptors (Lipinski definition) is 4. The Balaban J connectivity index is 1.81. The van der Waals surface area contributed by atoms with Crippen LogP contribution in [0.3, 0.4) is 0 Å². The Morgan fingerprint density at radius 1 is 0.759 bits per heavy atom. The van der Waals surface area contributed by atoms with E-state index in [9.17, 15) is 10.2 Å². The van der Waals surface area contributed by atoms with Crippen LogP contribution in [0.25, 0.3) is 0 Å². The van der Waals surface area contributed by atoms with E-state index < -0.39 is 23.9 Å². The van der Waals surface area contributed by atoms with Crippen molar-refractivity contribution in [2.24, 2.45) is 5.92 Å². The number of rotatable bonds is 6. The van der Waals surface area contributed by atoms with Crippen LogP contribution in [0.1, 0.15) is 23.1 Å². The molecule has 0 amide bonds. The van der Waals surface area contributed by atoms with E-state index in [0.29, 0.717) is 13.0 Å². The fourth-order valence-corrected chi connectivity index (χ4v) is 4.02. The normalized spacial score (nSPS) is 22.3. The van der Waals surface area contributed by atoms with Gasteiger partial charge in [-0.1, -0.05) is 91.0 Å². The zero-order valence-corrected chi connectivity index (χ0v) is 16.2. The minimum atomic E-state index is -1.04. The lowest BCUT2D eigenvalue weighted by Gasteiger charge is -2.39. The minimum absolute atomic E-state index is 0.154. The van der Waals surface area contributed by atoms with Gasteiger partial charge in [0.05, 0.1) is 25.2 Å². The molecule has 3 aromatic rings. The van der Waals surface area contributed by atoms with E-state index in [-0.39, 0.29) is 6.61 Å². The molecule has 0 unspecified atom stereocenters. The molecule has 0 radical (unpaired) electrons. The van der Waals surface area contributed by atoms with Gasteiger partial charge in [0.15, 0.2) is 6.29 Å². The van der Waals surface area contributed by atoms with Gasteiger partial charge in [0.1, 0.15) is 5.60 Å². The molecule has 4 nitrogen and oxygen atoms in total. The molecule has 0 aliphatic carbocycles. The third-order valence-corrected chi connectivity index (χ3v) is 5.60. The Morgan fingerprint density at radius 3 is 1.62 bits per heavy atom. The molecule has 3 aromatic carbocycles. The van der Waals surface area contributed by atoms with Crippen LogP contribution in [-0.2, 0) is 15.1 Å². The topological polar surface area (TPSA) is 58.9 Å². The molecule has 1 fully saturated rings. The van der Waals surface area contributed by atoms with Gasteiger partial charge in [0, 0.05) is 0 Å². The molecular weight excluding hydrogens is 364 g/mol. The zero-order valence-electron chi connectivity index (χ0n) is 16.2. The van der Waals surface area contributed by atoms with Crippen LogP contribution in [0.15, 0.2) is 91.0 Å². The molecule has 0 saturated carbocycles. The van der Waals surface area contributed by atoms with Crippen LogP contribution in [0.5, 0.6) is 0 Å². The second-order valence-corrected chi connectivity index (χ2v) is 7.37. The van der Waals surface area contributed by atoms with Crippen molar-refractivity contribution in [3.8, 4) is 0 Å². The number of aliphatic hydroxyl groups excluding tert-OH is 2. The molecule has 1 heterocycles. The van der Waals surface area contributed by atoms with Gasteiger partial charge in [-0.2, -0.15) is 0 Å². The molecule has 2 N–H and O–H groups in total. The Morgan fingerprint density at radius 2 is 1.21 bits per heavy atom. The summed E-state index contributed by atoms with van der Waals surface area (Å²) >= 11 is 0. The smallest absolute Gasteiger partial charge is 0.162 e. The molecule has 29 heavy (non-hydrogen) atoms. The molecule has 1 saturated heterocycles. The van der Waals surface area contributed by atoms with Crippen molar-refractivity contribution < 1.29 is 19.7 Å². The van der Waals surface area contributed by atoms with Crippen LogP contribution in [0, 0.1) is 5.92 Å². The number of hydrogen-bond donors (Lipinski definition) is 2. The maximum absolute atomic E-state index is 10.4. The van der Waals surface area contributed by atoms with Crippen molar-refractivity contribution in [1.29, 1.82) is 0 Å². The Bertz CT molecular complexity index is 776. The summed E-state index contributed by atoms with van der Waals surface area (Å²) in [7, 11) is 0. The van der Waals surface area contributed by atoms with Gasteiger partial charge < -0.3 is 19.7 Å². The molecule has 1 aliphatic heterocycles. The quantitative estimate of drug-likeness (QED) is 0.630. The van der Waals surface area contributed by atoms with Gasteiger partial charge in [-0.15, -0.1) is 0 Å². The molecule has 0 aromatic heterocycles. The highest BCUT2D eigenvalue weighted by Gasteiger charge is 2.40. The first-order valence-electron chi connectivity index (χ1n) is 10.00. The monoisotopic (exact) mass is 390 g/mol. The summed E-state index contributed by atoms with van der Waals surface area (Å²) in [5.74, 6) is -0.515. The summed E-state index contributed by atoms with van der Waals surface area (Å²) in [5.41, 5.74) is 2.08. The summed E-state index contributed by atoms with van der Waals surface area (Å²) in [5, 5.41) is 20.7. The summed E-state index contributed by atoms with van der Waals surface area (Å²) in [6.45, 7) is 0.501. The lowest BCUT2D eigenvalue weighted by Crippen LogP contribution is -2.45. The Hall–Kier alpha value is -2.50. The first-order valence-corrected chi connectivity index (χ1v) is 10.00. The van der Waals surface area contributed by atoms with Crippen molar-refractivity contribution in [2.45, 2.75) is 24.4 Å². The standard InChI is InChI=1S/C25H26O4/c26-23-16-17-28-24(27)22(23)18-29-25(19-10-4-1-5-11-19,20-12-6-2-7-13-20)21-14-8-3-9-15-21/h1-15,22-24,26-27H,16-18H2/t22-,23+,24+/m0/s1. The predicted octanol–water partition coefficient (Wildman–Crippen LogP) is 3.71. The van der Waals surface area contributed by atoms with Crippen molar-refractivity contribution in [1.82, 2.24) is 0 Å². The van der Waals surface area contributed by atoms with Crippen molar-refractivity contribution in [3.63, 3.8) is 0 Å². The predicted molar refractivity (Wildman–Crippen MR) is 111 cm³/mol. The van der Waals surface area contributed by atoms with E-state index in [4.69, 9.17) is 9.47 Å². The van der Waals surface area contributed by atoms with E-state index in [1.807, 2.05) is 91.0 Å². The number of ether oxygens (including phenoxy) is 2. The second-order valence-electron chi connectivity index (χ2n) is 7.37. The number of benzene rings is 3. The molecule has 3 atom stereocenters. The van der Waals surface area contributed by atoms with Crippen LogP contribution >= 0.6 is 0 Å². The lowest BCUT2D eigenvalue weighted by atomic mass is 9.80. The molecule has 4 heteroatoms. The van der Waals surface area contributed by atoms with Crippen LogP contribution in [0.4, 0.5) is 0 Å². The number of aliphatic hydroxyl groups is 2. The summed E-state index contributed by atoms with van der Waals surface area (Å²) in [6, 6.07) is 30.2. The minimum Gasteiger partial charge on any atom is -0.392 e. The average molecular weight is 390 g/mol. The highest BCUT2D eigenvalue weighted by molar-refractivity contribution is 5.47. The largest absolute Gasteiger partial charge is 0.392 e. The summed E-state index contributed by atoms with van der Waals surface area (Å²) in [4.78, 5) is 0. The average Bonchev–Trinajstić information content (AvgIpc) is 2.78. The maximum Gasteiger partial charge on any atom is 0.162 e. The first-order chi connectivity index (χ1) is 14.2. The van der Waals surface area contributed by atoms with E-state index in [0.717, 1.165) is 16.7 Å². The SMILES string of the molecule is O[C@@H]1CCO[C@@H](O)[C@H]1COC(c1ccccc1)(c1ccccc1)c1ccccc1. The van der Waals surface area contributed by atoms with Gasteiger partial charge in [-0.3, -0.25) is 0 Å². The van der Waals surface area contributed by atoms with E-state index in [1.165, 1.54) is 0 Å². The maximum atomic E-state index is 10.4. The van der Waals surface area contributed by atoms with Gasteiger partial charge in [-0.05, 0) is 23.1 Å². The fraction of sp³-hybridized carbons (Fsp3) is 0.280. The summed E-state index contributed by atoms with van der Waals surface area (Å²) < 4.78 is 12.0. The molecule has 1 aliphatic rings. The van der Waals surface area contributed by atoms with E-state index in [1.54, 1.807) is 0 Å². The van der Waals surface area contributed by atoms with Crippen molar-refractivity contribution in [2.75, 3.05) is 13.2 Å². The van der Waals surface area contributed by atoms with Gasteiger partial charge in [0.25, 0.3) is 0 Å². The Labute approximate surface area is 171 Å². The lowest BCUT2D eigenvalue weighted by molar-refractivity contribution is -0.212. The van der Waals surface area contributed by atoms with Crippen LogP contribution in [0.2, 0.25) is 0 Å². The van der Waals surface area contributed by atoms with Crippen LogP contribution in [-0.4, -0.2) is 35.8 Å². The zero-order chi connectivity index (χ0) is 20.1. The van der Waals surface area contributed by atoms with E-state index >= 15 is 0 Å². The molecule has 4 rings (SSSR count). The molecule has 0 spiro atoms. The first kappa shape index (κ1) is 19.8. The fourth-order valence-electron chi connectivity index (χ4n) is 4.02. The second kappa shape index (κ2) is 8.89. The van der Waals surface area contributed by atoms with Crippen molar-refractivity contribution in [3.05, 3.63) is 108 Å². The molecular formula is C25H26O4.